The van der Waals surface area contributed by atoms with Crippen LogP contribution in [0.3, 0.4) is 0 Å². The summed E-state index contributed by atoms with van der Waals surface area (Å²) in [5.74, 6) is 1.49. The Labute approximate surface area is 184 Å². The highest BCUT2D eigenvalue weighted by Gasteiger charge is 2.19. The second-order valence-electron chi connectivity index (χ2n) is 7.86. The fourth-order valence-corrected chi connectivity index (χ4v) is 4.81. The van der Waals surface area contributed by atoms with Crippen molar-refractivity contribution in [3.05, 3.63) is 82.2 Å². The van der Waals surface area contributed by atoms with Crippen LogP contribution in [-0.2, 0) is 12.3 Å². The van der Waals surface area contributed by atoms with Crippen molar-refractivity contribution in [3.8, 4) is 5.69 Å². The van der Waals surface area contributed by atoms with Crippen LogP contribution in [0.25, 0.3) is 11.3 Å². The van der Waals surface area contributed by atoms with E-state index in [-0.39, 0.29) is 5.56 Å². The van der Waals surface area contributed by atoms with Crippen molar-refractivity contribution in [2.75, 3.05) is 13.1 Å². The third kappa shape index (κ3) is 4.26. The van der Waals surface area contributed by atoms with Crippen LogP contribution in [0.1, 0.15) is 29.9 Å². The summed E-state index contributed by atoms with van der Waals surface area (Å²) in [5, 5.41) is 9.81. The van der Waals surface area contributed by atoms with Gasteiger partial charge in [0.15, 0.2) is 11.0 Å². The zero-order chi connectivity index (χ0) is 21.2. The molecule has 1 aromatic carbocycles. The van der Waals surface area contributed by atoms with Crippen LogP contribution in [0.2, 0.25) is 0 Å². The Bertz CT molecular complexity index is 1260. The SMILES string of the molecule is Cc1ccc2nc(CSc3nnc(CN4CCCC4)n3-c3ccccc3)cc(=O)n2c1. The molecule has 0 atom stereocenters. The molecule has 4 heterocycles. The molecule has 0 N–H and O–H groups in total. The van der Waals surface area contributed by atoms with E-state index in [0.717, 1.165) is 47.6 Å². The van der Waals surface area contributed by atoms with Gasteiger partial charge in [0.05, 0.1) is 12.2 Å². The predicted molar refractivity (Wildman–Crippen MR) is 122 cm³/mol. The van der Waals surface area contributed by atoms with E-state index in [1.165, 1.54) is 12.8 Å². The summed E-state index contributed by atoms with van der Waals surface area (Å²) in [6.45, 7) is 4.96. The van der Waals surface area contributed by atoms with Gasteiger partial charge in [-0.1, -0.05) is 36.0 Å². The lowest BCUT2D eigenvalue weighted by atomic mass is 10.3. The highest BCUT2D eigenvalue weighted by atomic mass is 32.2. The number of hydrogen-bond donors (Lipinski definition) is 0. The Morgan fingerprint density at radius 1 is 1.03 bits per heavy atom. The van der Waals surface area contributed by atoms with Crippen LogP contribution in [0, 0.1) is 6.92 Å². The van der Waals surface area contributed by atoms with Crippen LogP contribution in [-0.4, -0.2) is 42.1 Å². The molecule has 31 heavy (non-hydrogen) atoms. The number of fused-ring (bicyclic) bond motifs is 1. The molecule has 5 rings (SSSR count). The van der Waals surface area contributed by atoms with Gasteiger partial charge in [-0.15, -0.1) is 10.2 Å². The second-order valence-corrected chi connectivity index (χ2v) is 8.80. The number of benzene rings is 1. The summed E-state index contributed by atoms with van der Waals surface area (Å²) in [4.78, 5) is 19.6. The van der Waals surface area contributed by atoms with Gasteiger partial charge in [0, 0.05) is 23.7 Å². The molecule has 0 unspecified atom stereocenters. The van der Waals surface area contributed by atoms with E-state index in [2.05, 4.69) is 36.8 Å². The van der Waals surface area contributed by atoms with Gasteiger partial charge < -0.3 is 0 Å². The maximum absolute atomic E-state index is 12.5. The standard InChI is InChI=1S/C23H24N6OS/c1-17-9-10-20-24-18(13-22(30)28(20)14-17)16-31-23-26-25-21(15-27-11-5-6-12-27)29(23)19-7-3-2-4-8-19/h2-4,7-10,13-14H,5-6,11-12,15-16H2,1H3. The molecule has 7 nitrogen and oxygen atoms in total. The number of thioether (sulfide) groups is 1. The zero-order valence-electron chi connectivity index (χ0n) is 17.4. The molecule has 4 aromatic rings. The molecule has 3 aromatic heterocycles. The van der Waals surface area contributed by atoms with E-state index in [4.69, 9.17) is 0 Å². The molecule has 158 valence electrons. The number of para-hydroxylation sites is 1. The van der Waals surface area contributed by atoms with Gasteiger partial charge in [-0.25, -0.2) is 4.98 Å². The largest absolute Gasteiger partial charge is 0.296 e. The first-order valence-electron chi connectivity index (χ1n) is 10.5. The van der Waals surface area contributed by atoms with Crippen LogP contribution in [0.5, 0.6) is 0 Å². The third-order valence-electron chi connectivity index (χ3n) is 5.49. The Morgan fingerprint density at radius 2 is 1.84 bits per heavy atom. The number of hydrogen-bond acceptors (Lipinski definition) is 6. The summed E-state index contributed by atoms with van der Waals surface area (Å²) >= 11 is 1.55. The Hall–Kier alpha value is -2.97. The summed E-state index contributed by atoms with van der Waals surface area (Å²) in [6.07, 6.45) is 4.30. The Kier molecular flexibility index (Phi) is 5.57. The molecule has 1 aliphatic heterocycles. The predicted octanol–water partition coefficient (Wildman–Crippen LogP) is 3.47. The molecule has 0 radical (unpaired) electrons. The van der Waals surface area contributed by atoms with Gasteiger partial charge in [0.1, 0.15) is 5.65 Å². The molecule has 0 aliphatic carbocycles. The number of nitrogens with zero attached hydrogens (tertiary/aromatic N) is 6. The number of aromatic nitrogens is 5. The Morgan fingerprint density at radius 3 is 2.65 bits per heavy atom. The topological polar surface area (TPSA) is 68.3 Å². The minimum Gasteiger partial charge on any atom is -0.296 e. The molecule has 0 bridgehead atoms. The Balaban J connectivity index is 1.44. The fraction of sp³-hybridized carbons (Fsp3) is 0.304. The van der Waals surface area contributed by atoms with Crippen LogP contribution < -0.4 is 5.56 Å². The van der Waals surface area contributed by atoms with E-state index in [1.54, 1.807) is 22.2 Å². The minimum atomic E-state index is -0.0662. The number of pyridine rings is 1. The highest BCUT2D eigenvalue weighted by Crippen LogP contribution is 2.26. The first kappa shape index (κ1) is 20.0. The van der Waals surface area contributed by atoms with Crippen molar-refractivity contribution in [1.29, 1.82) is 0 Å². The van der Waals surface area contributed by atoms with Gasteiger partial charge in [-0.05, 0) is 56.6 Å². The van der Waals surface area contributed by atoms with Gasteiger partial charge in [0.2, 0.25) is 0 Å². The van der Waals surface area contributed by atoms with E-state index in [9.17, 15) is 4.79 Å². The average molecular weight is 433 g/mol. The van der Waals surface area contributed by atoms with Crippen LogP contribution in [0.4, 0.5) is 0 Å². The lowest BCUT2D eigenvalue weighted by Crippen LogP contribution is -2.21. The molecule has 0 amide bonds. The molecule has 0 saturated carbocycles. The van der Waals surface area contributed by atoms with E-state index >= 15 is 0 Å². The number of rotatable bonds is 6. The molecular weight excluding hydrogens is 408 g/mol. The maximum atomic E-state index is 12.5. The van der Waals surface area contributed by atoms with Crippen LogP contribution >= 0.6 is 11.8 Å². The molecule has 1 aliphatic rings. The quantitative estimate of drug-likeness (QED) is 0.435. The zero-order valence-corrected chi connectivity index (χ0v) is 18.3. The summed E-state index contributed by atoms with van der Waals surface area (Å²) in [7, 11) is 0. The molecule has 0 spiro atoms. The first-order chi connectivity index (χ1) is 15.2. The number of likely N-dealkylation sites (tertiary alicyclic amines) is 1. The van der Waals surface area contributed by atoms with E-state index < -0.39 is 0 Å². The van der Waals surface area contributed by atoms with Gasteiger partial charge in [-0.3, -0.25) is 18.7 Å². The lowest BCUT2D eigenvalue weighted by Gasteiger charge is -2.16. The van der Waals surface area contributed by atoms with Crippen LogP contribution in [0.15, 0.2) is 64.7 Å². The lowest BCUT2D eigenvalue weighted by molar-refractivity contribution is 0.319. The summed E-state index contributed by atoms with van der Waals surface area (Å²) < 4.78 is 3.71. The van der Waals surface area contributed by atoms with Crippen molar-refractivity contribution in [1.82, 2.24) is 29.0 Å². The summed E-state index contributed by atoms with van der Waals surface area (Å²) in [5.41, 5.74) is 3.41. The number of aryl methyl sites for hydroxylation is 1. The van der Waals surface area contributed by atoms with Gasteiger partial charge >= 0.3 is 0 Å². The van der Waals surface area contributed by atoms with E-state index in [1.807, 2.05) is 43.5 Å². The van der Waals surface area contributed by atoms with Crippen molar-refractivity contribution in [3.63, 3.8) is 0 Å². The third-order valence-corrected chi connectivity index (χ3v) is 6.45. The molecular formula is C23H24N6OS. The fourth-order valence-electron chi connectivity index (χ4n) is 3.94. The van der Waals surface area contributed by atoms with Crippen molar-refractivity contribution in [2.45, 2.75) is 37.2 Å². The van der Waals surface area contributed by atoms with Crippen molar-refractivity contribution >= 4 is 17.4 Å². The van der Waals surface area contributed by atoms with E-state index in [0.29, 0.717) is 11.4 Å². The van der Waals surface area contributed by atoms with Crippen molar-refractivity contribution < 1.29 is 0 Å². The molecule has 1 saturated heterocycles. The molecule has 1 fully saturated rings. The average Bonchev–Trinajstić information content (AvgIpc) is 3.44. The first-order valence-corrected chi connectivity index (χ1v) is 11.5. The van der Waals surface area contributed by atoms with Crippen molar-refractivity contribution in [2.24, 2.45) is 0 Å². The summed E-state index contributed by atoms with van der Waals surface area (Å²) in [6, 6.07) is 15.7. The smallest absolute Gasteiger partial charge is 0.258 e. The second kappa shape index (κ2) is 8.64. The normalized spacial score (nSPS) is 14.5. The minimum absolute atomic E-state index is 0.0662. The highest BCUT2D eigenvalue weighted by molar-refractivity contribution is 7.98. The van der Waals surface area contributed by atoms with Gasteiger partial charge in [-0.2, -0.15) is 0 Å². The molecule has 8 heteroatoms. The maximum Gasteiger partial charge on any atom is 0.258 e. The monoisotopic (exact) mass is 432 g/mol. The van der Waals surface area contributed by atoms with Gasteiger partial charge in [0.25, 0.3) is 5.56 Å².